The molecule has 0 amide bonds. The first kappa shape index (κ1) is 13.6. The van der Waals surface area contributed by atoms with Crippen molar-refractivity contribution < 1.29 is 13.9 Å². The van der Waals surface area contributed by atoms with E-state index in [-0.39, 0.29) is 12.0 Å². The van der Waals surface area contributed by atoms with Gasteiger partial charge in [-0.15, -0.1) is 0 Å². The average molecular weight is 261 g/mol. The molecule has 0 spiro atoms. The summed E-state index contributed by atoms with van der Waals surface area (Å²) in [5.74, 6) is -0.253. The van der Waals surface area contributed by atoms with Gasteiger partial charge in [-0.25, -0.2) is 0 Å². The summed E-state index contributed by atoms with van der Waals surface area (Å²) >= 11 is 0. The molecule has 4 heteroatoms. The minimum absolute atomic E-state index is 0.177. The number of rotatable bonds is 4. The van der Waals surface area contributed by atoms with E-state index in [1.165, 1.54) is 7.11 Å². The minimum Gasteiger partial charge on any atom is -0.469 e. The molecule has 102 valence electrons. The molecular formula is C15H19NO3. The number of nitrogens with one attached hydrogen (secondary N) is 1. The van der Waals surface area contributed by atoms with E-state index < -0.39 is 5.41 Å². The van der Waals surface area contributed by atoms with Crippen molar-refractivity contribution in [2.24, 2.45) is 5.41 Å². The fraction of sp³-hybridized carbons (Fsp3) is 0.400. The Hall–Kier alpha value is -1.81. The number of methoxy groups -OCH3 is 1. The zero-order valence-electron chi connectivity index (χ0n) is 11.7. The van der Waals surface area contributed by atoms with Crippen molar-refractivity contribution in [2.75, 3.05) is 14.2 Å². The van der Waals surface area contributed by atoms with Crippen molar-refractivity contribution in [3.63, 3.8) is 0 Å². The molecule has 0 aliphatic heterocycles. The molecular weight excluding hydrogens is 242 g/mol. The van der Waals surface area contributed by atoms with Gasteiger partial charge in [0.25, 0.3) is 0 Å². The Kier molecular flexibility index (Phi) is 3.62. The fourth-order valence-corrected chi connectivity index (χ4v) is 2.51. The van der Waals surface area contributed by atoms with E-state index in [9.17, 15) is 4.79 Å². The van der Waals surface area contributed by atoms with Gasteiger partial charge in [0, 0.05) is 10.9 Å². The fourth-order valence-electron chi connectivity index (χ4n) is 2.51. The van der Waals surface area contributed by atoms with Gasteiger partial charge in [0.1, 0.15) is 5.58 Å². The molecule has 1 aromatic heterocycles. The maximum Gasteiger partial charge on any atom is 0.313 e. The van der Waals surface area contributed by atoms with E-state index in [2.05, 4.69) is 5.32 Å². The number of furan rings is 1. The summed E-state index contributed by atoms with van der Waals surface area (Å²) in [6, 6.07) is 7.61. The van der Waals surface area contributed by atoms with Crippen LogP contribution in [0.15, 0.2) is 34.9 Å². The molecule has 0 aliphatic rings. The number of fused-ring (bicyclic) bond motifs is 1. The van der Waals surface area contributed by atoms with E-state index >= 15 is 0 Å². The summed E-state index contributed by atoms with van der Waals surface area (Å²) in [7, 11) is 3.24. The molecule has 0 fully saturated rings. The first-order valence-electron chi connectivity index (χ1n) is 6.24. The zero-order chi connectivity index (χ0) is 14.0. The third kappa shape index (κ3) is 2.24. The van der Waals surface area contributed by atoms with Crippen LogP contribution in [0.2, 0.25) is 0 Å². The van der Waals surface area contributed by atoms with Crippen LogP contribution >= 0.6 is 0 Å². The van der Waals surface area contributed by atoms with Crippen molar-refractivity contribution >= 4 is 16.9 Å². The van der Waals surface area contributed by atoms with Crippen LogP contribution in [0.5, 0.6) is 0 Å². The molecule has 1 aromatic carbocycles. The summed E-state index contributed by atoms with van der Waals surface area (Å²) < 4.78 is 10.4. The Morgan fingerprint density at radius 1 is 1.37 bits per heavy atom. The Labute approximate surface area is 112 Å². The quantitative estimate of drug-likeness (QED) is 0.860. The molecule has 1 heterocycles. The number of para-hydroxylation sites is 1. The van der Waals surface area contributed by atoms with Crippen molar-refractivity contribution in [3.8, 4) is 0 Å². The Bertz CT molecular complexity index is 586. The average Bonchev–Trinajstić information content (AvgIpc) is 2.82. The maximum absolute atomic E-state index is 12.0. The Morgan fingerprint density at radius 2 is 2.05 bits per heavy atom. The molecule has 0 radical (unpaired) electrons. The van der Waals surface area contributed by atoms with Gasteiger partial charge in [0.05, 0.1) is 24.8 Å². The number of esters is 1. The third-order valence-electron chi connectivity index (χ3n) is 3.54. The number of carbonyl (C=O) groups excluding carboxylic acids is 1. The van der Waals surface area contributed by atoms with Crippen LogP contribution in [-0.4, -0.2) is 20.1 Å². The molecule has 4 nitrogen and oxygen atoms in total. The highest BCUT2D eigenvalue weighted by molar-refractivity contribution is 5.84. The molecule has 0 saturated heterocycles. The van der Waals surface area contributed by atoms with E-state index in [1.807, 2.05) is 45.2 Å². The lowest BCUT2D eigenvalue weighted by Crippen LogP contribution is -2.39. The van der Waals surface area contributed by atoms with E-state index in [0.29, 0.717) is 0 Å². The number of hydrogen-bond donors (Lipinski definition) is 1. The number of carbonyl (C=O) groups is 1. The van der Waals surface area contributed by atoms with Crippen molar-refractivity contribution in [3.05, 3.63) is 36.1 Å². The second kappa shape index (κ2) is 5.05. The molecule has 0 aliphatic carbocycles. The molecule has 1 N–H and O–H groups in total. The molecule has 2 aromatic rings. The lowest BCUT2D eigenvalue weighted by Gasteiger charge is -2.31. The van der Waals surface area contributed by atoms with Crippen LogP contribution in [-0.2, 0) is 9.53 Å². The smallest absolute Gasteiger partial charge is 0.313 e. The van der Waals surface area contributed by atoms with Crippen LogP contribution in [0.4, 0.5) is 0 Å². The normalized spacial score (nSPS) is 13.5. The molecule has 2 rings (SSSR count). The predicted octanol–water partition coefficient (Wildman–Crippen LogP) is 2.89. The van der Waals surface area contributed by atoms with Crippen LogP contribution in [0.1, 0.15) is 25.5 Å². The molecule has 0 bridgehead atoms. The SMILES string of the molecule is CNC(c1coc2ccccc12)C(C)(C)C(=O)OC. The minimum atomic E-state index is -0.684. The summed E-state index contributed by atoms with van der Waals surface area (Å²) in [4.78, 5) is 12.0. The van der Waals surface area contributed by atoms with Gasteiger partial charge in [-0.2, -0.15) is 0 Å². The lowest BCUT2D eigenvalue weighted by molar-refractivity contribution is -0.152. The van der Waals surface area contributed by atoms with Gasteiger partial charge in [0.2, 0.25) is 0 Å². The second-order valence-electron chi connectivity index (χ2n) is 5.12. The van der Waals surface area contributed by atoms with Gasteiger partial charge in [0.15, 0.2) is 0 Å². The van der Waals surface area contributed by atoms with Crippen LogP contribution < -0.4 is 5.32 Å². The van der Waals surface area contributed by atoms with Gasteiger partial charge < -0.3 is 14.5 Å². The van der Waals surface area contributed by atoms with Crippen LogP contribution in [0, 0.1) is 5.41 Å². The molecule has 1 unspecified atom stereocenters. The first-order valence-corrected chi connectivity index (χ1v) is 6.24. The number of benzene rings is 1. The highest BCUT2D eigenvalue weighted by atomic mass is 16.5. The van der Waals surface area contributed by atoms with Gasteiger partial charge >= 0.3 is 5.97 Å². The van der Waals surface area contributed by atoms with E-state index in [0.717, 1.165) is 16.5 Å². The van der Waals surface area contributed by atoms with Crippen molar-refractivity contribution in [1.82, 2.24) is 5.32 Å². The molecule has 0 saturated carbocycles. The second-order valence-corrected chi connectivity index (χ2v) is 5.12. The van der Waals surface area contributed by atoms with Gasteiger partial charge in [-0.1, -0.05) is 18.2 Å². The van der Waals surface area contributed by atoms with Crippen molar-refractivity contribution in [2.45, 2.75) is 19.9 Å². The van der Waals surface area contributed by atoms with Gasteiger partial charge in [-0.3, -0.25) is 4.79 Å². The topological polar surface area (TPSA) is 51.5 Å². The van der Waals surface area contributed by atoms with Gasteiger partial charge in [-0.05, 0) is 27.0 Å². The highest BCUT2D eigenvalue weighted by Gasteiger charge is 2.39. The highest BCUT2D eigenvalue weighted by Crippen LogP contribution is 2.38. The Morgan fingerprint density at radius 3 is 2.68 bits per heavy atom. The monoisotopic (exact) mass is 261 g/mol. The lowest BCUT2D eigenvalue weighted by atomic mass is 9.80. The largest absolute Gasteiger partial charge is 0.469 e. The first-order chi connectivity index (χ1) is 9.02. The standard InChI is InChI=1S/C15H19NO3/c1-15(2,14(17)18-4)13(16-3)11-9-19-12-8-6-5-7-10(11)12/h5-9,13,16H,1-4H3. The predicted molar refractivity (Wildman–Crippen MR) is 73.8 cm³/mol. The number of hydrogen-bond acceptors (Lipinski definition) is 4. The summed E-state index contributed by atoms with van der Waals surface area (Å²) in [6.45, 7) is 3.73. The molecule has 19 heavy (non-hydrogen) atoms. The summed E-state index contributed by atoms with van der Waals surface area (Å²) in [6.07, 6.45) is 1.70. The number of ether oxygens (including phenoxy) is 1. The van der Waals surface area contributed by atoms with Crippen LogP contribution in [0.3, 0.4) is 0 Å². The Balaban J connectivity index is 2.50. The summed E-state index contributed by atoms with van der Waals surface area (Å²) in [5, 5.41) is 4.20. The summed E-state index contributed by atoms with van der Waals surface area (Å²) in [5.41, 5.74) is 1.10. The molecule has 1 atom stereocenters. The van der Waals surface area contributed by atoms with Crippen molar-refractivity contribution in [1.29, 1.82) is 0 Å². The van der Waals surface area contributed by atoms with Crippen LogP contribution in [0.25, 0.3) is 11.0 Å². The zero-order valence-corrected chi connectivity index (χ0v) is 11.7. The van der Waals surface area contributed by atoms with E-state index in [1.54, 1.807) is 6.26 Å². The third-order valence-corrected chi connectivity index (χ3v) is 3.54. The maximum atomic E-state index is 12.0. The van der Waals surface area contributed by atoms with E-state index in [4.69, 9.17) is 9.15 Å².